The van der Waals surface area contributed by atoms with Crippen LogP contribution >= 0.6 is 11.3 Å². The fourth-order valence-corrected chi connectivity index (χ4v) is 3.78. The Hall–Kier alpha value is -1.69. The molecule has 21 heavy (non-hydrogen) atoms. The Balaban J connectivity index is 2.22. The maximum Gasteiger partial charge on any atom is 0.240 e. The predicted molar refractivity (Wildman–Crippen MR) is 81.3 cm³/mol. The molecule has 1 fully saturated rings. The van der Waals surface area contributed by atoms with Crippen LogP contribution in [-0.4, -0.2) is 35.6 Å². The zero-order valence-electron chi connectivity index (χ0n) is 12.1. The second kappa shape index (κ2) is 6.85. The van der Waals surface area contributed by atoms with Crippen LogP contribution in [0.15, 0.2) is 12.1 Å². The summed E-state index contributed by atoms with van der Waals surface area (Å²) >= 11 is 1.46. The van der Waals surface area contributed by atoms with Crippen LogP contribution in [0.25, 0.3) is 0 Å². The van der Waals surface area contributed by atoms with Gasteiger partial charge in [-0.15, -0.1) is 11.3 Å². The van der Waals surface area contributed by atoms with Crippen molar-refractivity contribution >= 4 is 29.4 Å². The van der Waals surface area contributed by atoms with Crippen molar-refractivity contribution in [3.8, 4) is 0 Å². The van der Waals surface area contributed by atoms with Crippen molar-refractivity contribution in [1.29, 1.82) is 0 Å². The molecule has 5 nitrogen and oxygen atoms in total. The maximum atomic E-state index is 12.2. The average Bonchev–Trinajstić information content (AvgIpc) is 2.86. The Bertz CT molecular complexity index is 541. The Kier molecular flexibility index (Phi) is 5.12. The van der Waals surface area contributed by atoms with E-state index in [1.165, 1.54) is 11.3 Å². The van der Waals surface area contributed by atoms with Gasteiger partial charge in [0.25, 0.3) is 0 Å². The number of carbonyl (C=O) groups excluding carboxylic acids is 3. The summed E-state index contributed by atoms with van der Waals surface area (Å²) in [7, 11) is 0. The highest BCUT2D eigenvalue weighted by atomic mass is 32.1. The molecule has 2 heterocycles. The van der Waals surface area contributed by atoms with Gasteiger partial charge in [0.15, 0.2) is 6.29 Å². The highest BCUT2D eigenvalue weighted by Crippen LogP contribution is 2.32. The number of primary amides is 1. The van der Waals surface area contributed by atoms with E-state index in [0.29, 0.717) is 24.3 Å². The predicted octanol–water partition coefficient (Wildman–Crippen LogP) is 1.92. The minimum Gasteiger partial charge on any atom is -0.368 e. The molecular formula is C15H20N2O3S. The number of nitrogens with zero attached hydrogens (tertiary/aromatic N) is 1. The Morgan fingerprint density at radius 2 is 2.33 bits per heavy atom. The first-order chi connectivity index (χ1) is 10.1. The molecule has 2 rings (SSSR count). The van der Waals surface area contributed by atoms with Gasteiger partial charge in [-0.05, 0) is 31.4 Å². The normalized spacial score (nSPS) is 20.9. The summed E-state index contributed by atoms with van der Waals surface area (Å²) in [5, 5.41) is 0. The van der Waals surface area contributed by atoms with Gasteiger partial charge in [-0.3, -0.25) is 14.4 Å². The van der Waals surface area contributed by atoms with Gasteiger partial charge in [0.05, 0.1) is 4.88 Å². The molecule has 1 aromatic rings. The summed E-state index contributed by atoms with van der Waals surface area (Å²) in [5.41, 5.74) is 5.42. The summed E-state index contributed by atoms with van der Waals surface area (Å²) in [6, 6.07) is 3.21. The van der Waals surface area contributed by atoms with Crippen molar-refractivity contribution in [2.24, 2.45) is 5.73 Å². The first-order valence-electron chi connectivity index (χ1n) is 7.20. The average molecular weight is 308 g/mol. The third kappa shape index (κ3) is 3.50. The smallest absolute Gasteiger partial charge is 0.240 e. The highest BCUT2D eigenvalue weighted by Gasteiger charge is 2.32. The first-order valence-corrected chi connectivity index (χ1v) is 8.02. The largest absolute Gasteiger partial charge is 0.368 e. The quantitative estimate of drug-likeness (QED) is 0.844. The van der Waals surface area contributed by atoms with Crippen molar-refractivity contribution in [2.75, 3.05) is 6.54 Å². The summed E-state index contributed by atoms with van der Waals surface area (Å²) in [5.74, 6) is -0.287. The number of likely N-dealkylation sites (tertiary alicyclic amines) is 1. The molecule has 0 spiro atoms. The molecule has 0 aliphatic carbocycles. The van der Waals surface area contributed by atoms with Crippen LogP contribution in [-0.2, 0) is 9.59 Å². The zero-order chi connectivity index (χ0) is 15.4. The molecule has 2 atom stereocenters. The lowest BCUT2D eigenvalue weighted by molar-refractivity contribution is -0.139. The van der Waals surface area contributed by atoms with E-state index >= 15 is 0 Å². The van der Waals surface area contributed by atoms with Crippen molar-refractivity contribution in [3.63, 3.8) is 0 Å². The van der Waals surface area contributed by atoms with E-state index in [1.54, 1.807) is 11.0 Å². The fraction of sp³-hybridized carbons (Fsp3) is 0.533. The highest BCUT2D eigenvalue weighted by molar-refractivity contribution is 7.13. The fourth-order valence-electron chi connectivity index (χ4n) is 2.83. The number of rotatable bonds is 5. The molecule has 1 aromatic heterocycles. The lowest BCUT2D eigenvalue weighted by atomic mass is 10.0. The number of hydrogen-bond donors (Lipinski definition) is 1. The zero-order valence-corrected chi connectivity index (χ0v) is 12.9. The third-order valence-corrected chi connectivity index (χ3v) is 5.11. The number of carbonyl (C=O) groups is 3. The van der Waals surface area contributed by atoms with Crippen LogP contribution in [0.5, 0.6) is 0 Å². The molecule has 1 saturated heterocycles. The Morgan fingerprint density at radius 3 is 2.90 bits per heavy atom. The molecule has 6 heteroatoms. The van der Waals surface area contributed by atoms with Crippen molar-refractivity contribution < 1.29 is 14.4 Å². The lowest BCUT2D eigenvalue weighted by Crippen LogP contribution is -2.48. The van der Waals surface area contributed by atoms with E-state index in [-0.39, 0.29) is 11.8 Å². The number of amides is 2. The summed E-state index contributed by atoms with van der Waals surface area (Å²) in [6.07, 6.45) is 3.50. The summed E-state index contributed by atoms with van der Waals surface area (Å²) < 4.78 is 0. The molecule has 114 valence electrons. The van der Waals surface area contributed by atoms with Gasteiger partial charge in [-0.25, -0.2) is 0 Å². The van der Waals surface area contributed by atoms with Crippen LogP contribution in [0.3, 0.4) is 0 Å². The second-order valence-electron chi connectivity index (χ2n) is 5.32. The van der Waals surface area contributed by atoms with Crippen LogP contribution in [0.1, 0.15) is 53.1 Å². The molecular weight excluding hydrogens is 288 g/mol. The Labute approximate surface area is 128 Å². The number of aldehydes is 1. The van der Waals surface area contributed by atoms with E-state index < -0.39 is 11.9 Å². The number of hydrogen-bond acceptors (Lipinski definition) is 4. The molecule has 0 aromatic carbocycles. The van der Waals surface area contributed by atoms with E-state index in [4.69, 9.17) is 5.73 Å². The van der Waals surface area contributed by atoms with Gasteiger partial charge < -0.3 is 10.6 Å². The van der Waals surface area contributed by atoms with Crippen LogP contribution in [0, 0.1) is 0 Å². The number of nitrogens with two attached hydrogens (primary N) is 1. The monoisotopic (exact) mass is 308 g/mol. The van der Waals surface area contributed by atoms with Crippen molar-refractivity contribution in [1.82, 2.24) is 4.90 Å². The van der Waals surface area contributed by atoms with E-state index in [0.717, 1.165) is 24.0 Å². The van der Waals surface area contributed by atoms with Crippen LogP contribution < -0.4 is 5.73 Å². The molecule has 2 amide bonds. The van der Waals surface area contributed by atoms with Gasteiger partial charge in [0.1, 0.15) is 6.04 Å². The lowest BCUT2D eigenvalue weighted by Gasteiger charge is -2.30. The van der Waals surface area contributed by atoms with Crippen molar-refractivity contribution in [2.45, 2.75) is 44.6 Å². The minimum atomic E-state index is -0.538. The van der Waals surface area contributed by atoms with Gasteiger partial charge in [0.2, 0.25) is 11.8 Å². The van der Waals surface area contributed by atoms with Crippen LogP contribution in [0.2, 0.25) is 0 Å². The molecule has 0 radical (unpaired) electrons. The summed E-state index contributed by atoms with van der Waals surface area (Å²) in [4.78, 5) is 38.0. The molecule has 0 saturated carbocycles. The van der Waals surface area contributed by atoms with E-state index in [2.05, 4.69) is 0 Å². The van der Waals surface area contributed by atoms with Gasteiger partial charge in [-0.2, -0.15) is 0 Å². The Morgan fingerprint density at radius 1 is 1.57 bits per heavy atom. The molecule has 2 unspecified atom stereocenters. The standard InChI is InChI=1S/C15H20N2O3S/c1-2-12(15(16)20)17-8-10(4-3-5-14(17)19)13-7-6-11(9-18)21-13/h6-7,9-10,12H,2-5,8H2,1H3,(H2,16,20). The van der Waals surface area contributed by atoms with Gasteiger partial charge in [-0.1, -0.05) is 6.92 Å². The summed E-state index contributed by atoms with van der Waals surface area (Å²) in [6.45, 7) is 2.36. The minimum absolute atomic E-state index is 0.00434. The van der Waals surface area contributed by atoms with Gasteiger partial charge >= 0.3 is 0 Å². The first kappa shape index (κ1) is 15.7. The van der Waals surface area contributed by atoms with Crippen LogP contribution in [0.4, 0.5) is 0 Å². The third-order valence-electron chi connectivity index (χ3n) is 3.94. The SMILES string of the molecule is CCC(C(N)=O)N1CC(c2ccc(C=O)s2)CCCC1=O. The van der Waals surface area contributed by atoms with Gasteiger partial charge in [0, 0.05) is 23.8 Å². The van der Waals surface area contributed by atoms with E-state index in [1.807, 2.05) is 13.0 Å². The molecule has 2 N–H and O–H groups in total. The maximum absolute atomic E-state index is 12.2. The molecule has 1 aliphatic rings. The van der Waals surface area contributed by atoms with Crippen molar-refractivity contribution in [3.05, 3.63) is 21.9 Å². The number of thiophene rings is 1. The molecule has 1 aliphatic heterocycles. The van der Waals surface area contributed by atoms with E-state index in [9.17, 15) is 14.4 Å². The molecule has 0 bridgehead atoms. The topological polar surface area (TPSA) is 80.5 Å². The second-order valence-corrected chi connectivity index (χ2v) is 6.47.